The maximum Gasteiger partial charge on any atom is 0.157 e. The van der Waals surface area contributed by atoms with Gasteiger partial charge in [0.15, 0.2) is 5.75 Å². The summed E-state index contributed by atoms with van der Waals surface area (Å²) >= 11 is 0. The zero-order valence-corrected chi connectivity index (χ0v) is 8.36. The van der Waals surface area contributed by atoms with Crippen LogP contribution in [-0.4, -0.2) is 11.5 Å². The summed E-state index contributed by atoms with van der Waals surface area (Å²) < 4.78 is 0. The van der Waals surface area contributed by atoms with E-state index >= 15 is 0 Å². The number of carbonyl (C=O) groups is 1. The Hall–Kier alpha value is -1.64. The van der Waals surface area contributed by atoms with E-state index in [9.17, 15) is 4.79 Å². The molecule has 3 nitrogen and oxygen atoms in total. The number of nitrogens with zero attached hydrogens (tertiary/aromatic N) is 1. The Balaban J connectivity index is 2.51. The van der Waals surface area contributed by atoms with Crippen LogP contribution in [0.25, 0.3) is 0 Å². The van der Waals surface area contributed by atoms with E-state index in [1.54, 1.807) is 6.92 Å². The summed E-state index contributed by atoms with van der Waals surface area (Å²) in [6.07, 6.45) is 0.340. The highest BCUT2D eigenvalue weighted by Crippen LogP contribution is 2.08. The van der Waals surface area contributed by atoms with Gasteiger partial charge in [-0.05, 0) is 26.0 Å². The van der Waals surface area contributed by atoms with Crippen LogP contribution in [0.4, 0.5) is 0 Å². The lowest BCUT2D eigenvalue weighted by Crippen LogP contribution is -2.01. The van der Waals surface area contributed by atoms with Gasteiger partial charge in [0.2, 0.25) is 0 Å². The molecule has 1 aromatic rings. The Labute approximate surface area is 83.4 Å². The van der Waals surface area contributed by atoms with Crippen molar-refractivity contribution in [3.05, 3.63) is 30.3 Å². The van der Waals surface area contributed by atoms with Gasteiger partial charge in [-0.25, -0.2) is 0 Å². The first-order chi connectivity index (χ1) is 6.68. The molecule has 3 heteroatoms. The van der Waals surface area contributed by atoms with Gasteiger partial charge in [-0.15, -0.1) is 0 Å². The van der Waals surface area contributed by atoms with Gasteiger partial charge in [0, 0.05) is 6.42 Å². The van der Waals surface area contributed by atoms with Gasteiger partial charge in [-0.2, -0.15) is 0 Å². The first kappa shape index (κ1) is 10.4. The molecule has 0 N–H and O–H groups in total. The fraction of sp³-hybridized carbons (Fsp3) is 0.273. The minimum atomic E-state index is 0.0860. The molecule has 0 amide bonds. The van der Waals surface area contributed by atoms with E-state index in [-0.39, 0.29) is 5.78 Å². The average molecular weight is 191 g/mol. The minimum absolute atomic E-state index is 0.0860. The highest BCUT2D eigenvalue weighted by Gasteiger charge is 1.97. The highest BCUT2D eigenvalue weighted by atomic mass is 16.6. The second-order valence-electron chi connectivity index (χ2n) is 3.11. The van der Waals surface area contributed by atoms with E-state index in [0.29, 0.717) is 17.9 Å². The van der Waals surface area contributed by atoms with Crippen molar-refractivity contribution >= 4 is 11.5 Å². The number of carbonyl (C=O) groups excluding carboxylic acids is 1. The van der Waals surface area contributed by atoms with Crippen LogP contribution >= 0.6 is 0 Å². The maximum absolute atomic E-state index is 10.7. The molecule has 0 aliphatic carbocycles. The minimum Gasteiger partial charge on any atom is -0.357 e. The zero-order valence-electron chi connectivity index (χ0n) is 8.36. The summed E-state index contributed by atoms with van der Waals surface area (Å²) in [7, 11) is 0. The molecule has 0 heterocycles. The molecule has 14 heavy (non-hydrogen) atoms. The molecule has 1 rings (SSSR count). The number of benzene rings is 1. The third-order valence-electron chi connectivity index (χ3n) is 1.55. The molecule has 1 aromatic carbocycles. The number of oxime groups is 1. The largest absolute Gasteiger partial charge is 0.357 e. The van der Waals surface area contributed by atoms with Gasteiger partial charge in [0.25, 0.3) is 0 Å². The van der Waals surface area contributed by atoms with Crippen LogP contribution < -0.4 is 4.84 Å². The van der Waals surface area contributed by atoms with E-state index in [1.807, 2.05) is 30.3 Å². The molecular formula is C11H13NO2. The maximum atomic E-state index is 10.7. The van der Waals surface area contributed by atoms with Crippen molar-refractivity contribution in [1.82, 2.24) is 0 Å². The molecule has 0 radical (unpaired) electrons. The van der Waals surface area contributed by atoms with Crippen molar-refractivity contribution < 1.29 is 9.63 Å². The van der Waals surface area contributed by atoms with Crippen LogP contribution in [-0.2, 0) is 4.79 Å². The molecule has 0 saturated heterocycles. The SMILES string of the molecule is CC(=O)C/C(C)=N/Oc1ccccc1. The van der Waals surface area contributed by atoms with Gasteiger partial charge in [0.05, 0.1) is 5.71 Å². The molecule has 0 aliphatic heterocycles. The molecule has 0 aromatic heterocycles. The van der Waals surface area contributed by atoms with Crippen LogP contribution in [0, 0.1) is 0 Å². The fourth-order valence-corrected chi connectivity index (χ4v) is 1.00. The molecular weight excluding hydrogens is 178 g/mol. The molecule has 74 valence electrons. The number of hydrogen-bond donors (Lipinski definition) is 0. The summed E-state index contributed by atoms with van der Waals surface area (Å²) in [6, 6.07) is 9.25. The topological polar surface area (TPSA) is 38.7 Å². The second kappa shape index (κ2) is 5.17. The quantitative estimate of drug-likeness (QED) is 0.541. The lowest BCUT2D eigenvalue weighted by atomic mass is 10.2. The third-order valence-corrected chi connectivity index (χ3v) is 1.55. The van der Waals surface area contributed by atoms with Gasteiger partial charge in [-0.3, -0.25) is 4.79 Å². The van der Waals surface area contributed by atoms with E-state index in [0.717, 1.165) is 0 Å². The van der Waals surface area contributed by atoms with E-state index in [4.69, 9.17) is 4.84 Å². The average Bonchev–Trinajstić information content (AvgIpc) is 2.15. The van der Waals surface area contributed by atoms with Crippen LogP contribution in [0.1, 0.15) is 20.3 Å². The summed E-state index contributed by atoms with van der Waals surface area (Å²) in [5, 5.41) is 3.83. The molecule has 0 fully saturated rings. The number of rotatable bonds is 4. The Kier molecular flexibility index (Phi) is 3.85. The molecule has 0 aliphatic rings. The van der Waals surface area contributed by atoms with Gasteiger partial charge < -0.3 is 4.84 Å². The Morgan fingerprint density at radius 1 is 1.29 bits per heavy atom. The van der Waals surface area contributed by atoms with Gasteiger partial charge >= 0.3 is 0 Å². The van der Waals surface area contributed by atoms with Crippen molar-refractivity contribution in [3.63, 3.8) is 0 Å². The van der Waals surface area contributed by atoms with Crippen LogP contribution in [0.2, 0.25) is 0 Å². The normalized spacial score (nSPS) is 11.1. The molecule has 0 spiro atoms. The lowest BCUT2D eigenvalue weighted by Gasteiger charge is -1.99. The number of ketones is 1. The molecule has 0 bridgehead atoms. The van der Waals surface area contributed by atoms with E-state index < -0.39 is 0 Å². The Morgan fingerprint density at radius 2 is 1.93 bits per heavy atom. The molecule has 0 unspecified atom stereocenters. The zero-order chi connectivity index (χ0) is 10.4. The van der Waals surface area contributed by atoms with E-state index in [2.05, 4.69) is 5.16 Å². The molecule has 0 atom stereocenters. The van der Waals surface area contributed by atoms with Gasteiger partial charge in [-0.1, -0.05) is 23.4 Å². The van der Waals surface area contributed by atoms with Crippen molar-refractivity contribution in [3.8, 4) is 5.75 Å². The first-order valence-corrected chi connectivity index (χ1v) is 4.43. The Morgan fingerprint density at radius 3 is 2.50 bits per heavy atom. The predicted molar refractivity (Wildman–Crippen MR) is 55.5 cm³/mol. The van der Waals surface area contributed by atoms with E-state index in [1.165, 1.54) is 6.92 Å². The lowest BCUT2D eigenvalue weighted by molar-refractivity contribution is -0.115. The Bertz CT molecular complexity index is 330. The van der Waals surface area contributed by atoms with Crippen molar-refractivity contribution in [2.45, 2.75) is 20.3 Å². The van der Waals surface area contributed by atoms with Crippen molar-refractivity contribution in [2.24, 2.45) is 5.16 Å². The van der Waals surface area contributed by atoms with Crippen LogP contribution in [0.15, 0.2) is 35.5 Å². The third kappa shape index (κ3) is 3.85. The number of Topliss-reactive ketones (excluding diaryl/α,β-unsaturated/α-hetero) is 1. The van der Waals surface area contributed by atoms with Crippen molar-refractivity contribution in [2.75, 3.05) is 0 Å². The van der Waals surface area contributed by atoms with Crippen molar-refractivity contribution in [1.29, 1.82) is 0 Å². The number of hydrogen-bond acceptors (Lipinski definition) is 3. The summed E-state index contributed by atoms with van der Waals surface area (Å²) in [6.45, 7) is 3.30. The molecule has 0 saturated carbocycles. The fourth-order valence-electron chi connectivity index (χ4n) is 1.00. The van der Waals surface area contributed by atoms with Crippen LogP contribution in [0.5, 0.6) is 5.75 Å². The monoisotopic (exact) mass is 191 g/mol. The smallest absolute Gasteiger partial charge is 0.157 e. The first-order valence-electron chi connectivity index (χ1n) is 4.43. The van der Waals surface area contributed by atoms with Gasteiger partial charge in [0.1, 0.15) is 5.78 Å². The predicted octanol–water partition coefficient (Wildman–Crippen LogP) is 2.42. The number of para-hydroxylation sites is 1. The standard InChI is InChI=1S/C11H13NO2/c1-9(8-10(2)13)12-14-11-6-4-3-5-7-11/h3-7H,8H2,1-2H3/b12-9+. The van der Waals surface area contributed by atoms with Crippen LogP contribution in [0.3, 0.4) is 0 Å². The second-order valence-corrected chi connectivity index (χ2v) is 3.11. The summed E-state index contributed by atoms with van der Waals surface area (Å²) in [5.41, 5.74) is 0.682. The summed E-state index contributed by atoms with van der Waals surface area (Å²) in [5.74, 6) is 0.762. The summed E-state index contributed by atoms with van der Waals surface area (Å²) in [4.78, 5) is 15.8. The highest BCUT2D eigenvalue weighted by molar-refractivity contribution is 5.99.